The van der Waals surface area contributed by atoms with Gasteiger partial charge in [-0.1, -0.05) is 25.3 Å². The molecule has 1 aliphatic carbocycles. The Morgan fingerprint density at radius 1 is 1.31 bits per heavy atom. The number of rotatable bonds is 2. The standard InChI is InChI=1S/C12H14FNO2/c13-10-5-4-9(8-14-10)12(11(15)16)6-2-1-3-7-12/h4-5,8H,1-3,6-7H2,(H,15,16). The molecule has 1 aromatic rings. The Hall–Kier alpha value is -1.45. The summed E-state index contributed by atoms with van der Waals surface area (Å²) < 4.78 is 12.7. The lowest BCUT2D eigenvalue weighted by molar-refractivity contribution is -0.145. The van der Waals surface area contributed by atoms with Crippen LogP contribution < -0.4 is 0 Å². The summed E-state index contributed by atoms with van der Waals surface area (Å²) in [6.07, 6.45) is 5.48. The van der Waals surface area contributed by atoms with Crippen LogP contribution in [0, 0.1) is 5.95 Å². The van der Waals surface area contributed by atoms with Gasteiger partial charge in [0.05, 0.1) is 5.41 Å². The second kappa shape index (κ2) is 4.20. The summed E-state index contributed by atoms with van der Waals surface area (Å²) >= 11 is 0. The van der Waals surface area contributed by atoms with Crippen LogP contribution >= 0.6 is 0 Å². The summed E-state index contributed by atoms with van der Waals surface area (Å²) in [5.74, 6) is -1.39. The molecule has 0 aromatic carbocycles. The van der Waals surface area contributed by atoms with Crippen LogP contribution in [0.1, 0.15) is 37.7 Å². The Labute approximate surface area is 93.3 Å². The first-order chi connectivity index (χ1) is 7.65. The molecule has 1 saturated carbocycles. The molecule has 1 aromatic heterocycles. The number of carboxylic acid groups (broad SMARTS) is 1. The van der Waals surface area contributed by atoms with Crippen LogP contribution in [0.25, 0.3) is 0 Å². The third-order valence-corrected chi connectivity index (χ3v) is 3.40. The maximum Gasteiger partial charge on any atom is 0.314 e. The van der Waals surface area contributed by atoms with E-state index in [1.165, 1.54) is 12.3 Å². The molecule has 1 N–H and O–H groups in total. The highest BCUT2D eigenvalue weighted by Crippen LogP contribution is 2.39. The van der Waals surface area contributed by atoms with Crippen LogP contribution in [0.4, 0.5) is 4.39 Å². The van der Waals surface area contributed by atoms with Crippen molar-refractivity contribution in [2.75, 3.05) is 0 Å². The Morgan fingerprint density at radius 2 is 2.00 bits per heavy atom. The molecule has 4 heteroatoms. The van der Waals surface area contributed by atoms with E-state index in [1.54, 1.807) is 6.07 Å². The molecule has 0 unspecified atom stereocenters. The summed E-state index contributed by atoms with van der Waals surface area (Å²) in [6.45, 7) is 0. The molecule has 0 radical (unpaired) electrons. The van der Waals surface area contributed by atoms with Crippen LogP contribution in [-0.2, 0) is 10.2 Å². The average Bonchev–Trinajstić information content (AvgIpc) is 2.30. The number of hydrogen-bond donors (Lipinski definition) is 1. The largest absolute Gasteiger partial charge is 0.481 e. The van der Waals surface area contributed by atoms with E-state index in [1.807, 2.05) is 0 Å². The number of nitrogens with zero attached hydrogens (tertiary/aromatic N) is 1. The van der Waals surface area contributed by atoms with Gasteiger partial charge in [0, 0.05) is 6.20 Å². The Bertz CT molecular complexity index is 383. The van der Waals surface area contributed by atoms with Crippen molar-refractivity contribution in [3.63, 3.8) is 0 Å². The fourth-order valence-electron chi connectivity index (χ4n) is 2.44. The second-order valence-corrected chi connectivity index (χ2v) is 4.32. The molecule has 0 saturated heterocycles. The lowest BCUT2D eigenvalue weighted by Crippen LogP contribution is -2.37. The molecular formula is C12H14FNO2. The molecule has 1 aliphatic rings. The van der Waals surface area contributed by atoms with E-state index in [-0.39, 0.29) is 0 Å². The first-order valence-electron chi connectivity index (χ1n) is 5.50. The fourth-order valence-corrected chi connectivity index (χ4v) is 2.44. The van der Waals surface area contributed by atoms with Gasteiger partial charge in [-0.2, -0.15) is 4.39 Å². The van der Waals surface area contributed by atoms with E-state index in [0.717, 1.165) is 19.3 Å². The van der Waals surface area contributed by atoms with Gasteiger partial charge in [0.1, 0.15) is 0 Å². The molecule has 3 nitrogen and oxygen atoms in total. The summed E-state index contributed by atoms with van der Waals surface area (Å²) in [7, 11) is 0. The minimum absolute atomic E-state index is 0.569. The molecule has 2 rings (SSSR count). The first-order valence-corrected chi connectivity index (χ1v) is 5.50. The van der Waals surface area contributed by atoms with Crippen molar-refractivity contribution in [3.8, 4) is 0 Å². The highest BCUT2D eigenvalue weighted by molar-refractivity contribution is 5.81. The monoisotopic (exact) mass is 223 g/mol. The van der Waals surface area contributed by atoms with E-state index in [9.17, 15) is 14.3 Å². The first kappa shape index (κ1) is 11.0. The zero-order chi connectivity index (χ0) is 11.6. The molecule has 0 amide bonds. The molecule has 0 aliphatic heterocycles. The molecular weight excluding hydrogens is 209 g/mol. The SMILES string of the molecule is O=C(O)C1(c2ccc(F)nc2)CCCCC1. The summed E-state index contributed by atoms with van der Waals surface area (Å²) in [5, 5.41) is 9.39. The zero-order valence-corrected chi connectivity index (χ0v) is 8.95. The van der Waals surface area contributed by atoms with Gasteiger partial charge in [0.25, 0.3) is 0 Å². The predicted octanol–water partition coefficient (Wildman–Crippen LogP) is 2.51. The average molecular weight is 223 g/mol. The second-order valence-electron chi connectivity index (χ2n) is 4.32. The Balaban J connectivity index is 2.38. The smallest absolute Gasteiger partial charge is 0.314 e. The van der Waals surface area contributed by atoms with E-state index < -0.39 is 17.3 Å². The van der Waals surface area contributed by atoms with E-state index in [2.05, 4.69) is 4.98 Å². The lowest BCUT2D eigenvalue weighted by Gasteiger charge is -2.33. The van der Waals surface area contributed by atoms with Gasteiger partial charge in [0.15, 0.2) is 0 Å². The van der Waals surface area contributed by atoms with Gasteiger partial charge in [-0.05, 0) is 24.5 Å². The summed E-state index contributed by atoms with van der Waals surface area (Å²) in [4.78, 5) is 15.0. The normalized spacial score (nSPS) is 19.3. The minimum Gasteiger partial charge on any atom is -0.481 e. The van der Waals surface area contributed by atoms with Crippen molar-refractivity contribution in [2.45, 2.75) is 37.5 Å². The highest BCUT2D eigenvalue weighted by Gasteiger charge is 2.41. The maximum atomic E-state index is 12.7. The van der Waals surface area contributed by atoms with Gasteiger partial charge in [0.2, 0.25) is 5.95 Å². The van der Waals surface area contributed by atoms with Gasteiger partial charge in [-0.3, -0.25) is 4.79 Å². The third kappa shape index (κ3) is 1.79. The van der Waals surface area contributed by atoms with Crippen molar-refractivity contribution in [1.82, 2.24) is 4.98 Å². The van der Waals surface area contributed by atoms with Gasteiger partial charge < -0.3 is 5.11 Å². The lowest BCUT2D eigenvalue weighted by atomic mass is 9.70. The number of aromatic nitrogens is 1. The van der Waals surface area contributed by atoms with E-state index in [0.29, 0.717) is 18.4 Å². The van der Waals surface area contributed by atoms with Crippen molar-refractivity contribution >= 4 is 5.97 Å². The number of hydrogen-bond acceptors (Lipinski definition) is 2. The van der Waals surface area contributed by atoms with Crippen molar-refractivity contribution in [3.05, 3.63) is 29.8 Å². The Morgan fingerprint density at radius 3 is 2.50 bits per heavy atom. The third-order valence-electron chi connectivity index (χ3n) is 3.40. The fraction of sp³-hybridized carbons (Fsp3) is 0.500. The molecule has 1 fully saturated rings. The van der Waals surface area contributed by atoms with E-state index >= 15 is 0 Å². The van der Waals surface area contributed by atoms with Crippen LogP contribution in [0.2, 0.25) is 0 Å². The summed E-state index contributed by atoms with van der Waals surface area (Å²) in [5.41, 5.74) is -0.222. The molecule has 0 bridgehead atoms. The molecule has 1 heterocycles. The molecule has 86 valence electrons. The highest BCUT2D eigenvalue weighted by atomic mass is 19.1. The van der Waals surface area contributed by atoms with Gasteiger partial charge >= 0.3 is 5.97 Å². The van der Waals surface area contributed by atoms with Crippen molar-refractivity contribution in [2.24, 2.45) is 0 Å². The number of aliphatic carboxylic acids is 1. The van der Waals surface area contributed by atoms with Crippen LogP contribution in [0.3, 0.4) is 0 Å². The molecule has 0 atom stereocenters. The maximum absolute atomic E-state index is 12.7. The summed E-state index contributed by atoms with van der Waals surface area (Å²) in [6, 6.07) is 2.77. The number of carbonyl (C=O) groups is 1. The van der Waals surface area contributed by atoms with Crippen LogP contribution in [0.5, 0.6) is 0 Å². The minimum atomic E-state index is -0.848. The number of carboxylic acids is 1. The molecule has 0 spiro atoms. The molecule has 16 heavy (non-hydrogen) atoms. The predicted molar refractivity (Wildman–Crippen MR) is 56.6 cm³/mol. The van der Waals surface area contributed by atoms with Gasteiger partial charge in [-0.25, -0.2) is 4.98 Å². The van der Waals surface area contributed by atoms with Crippen LogP contribution in [-0.4, -0.2) is 16.1 Å². The zero-order valence-electron chi connectivity index (χ0n) is 8.95. The topological polar surface area (TPSA) is 50.2 Å². The van der Waals surface area contributed by atoms with Gasteiger partial charge in [-0.15, -0.1) is 0 Å². The number of halogens is 1. The van der Waals surface area contributed by atoms with Crippen molar-refractivity contribution in [1.29, 1.82) is 0 Å². The van der Waals surface area contributed by atoms with Crippen LogP contribution in [0.15, 0.2) is 18.3 Å². The van der Waals surface area contributed by atoms with E-state index in [4.69, 9.17) is 0 Å². The van der Waals surface area contributed by atoms with Crippen molar-refractivity contribution < 1.29 is 14.3 Å². The quantitative estimate of drug-likeness (QED) is 0.784. The number of pyridine rings is 1. The Kier molecular flexibility index (Phi) is 2.90.